The largest absolute Gasteiger partial charge is 0.493 e. The van der Waals surface area contributed by atoms with E-state index in [0.29, 0.717) is 28.4 Å². The highest BCUT2D eigenvalue weighted by atomic mass is 16.6. The molecule has 0 amide bonds. The van der Waals surface area contributed by atoms with E-state index in [1.54, 1.807) is 12.1 Å². The van der Waals surface area contributed by atoms with E-state index < -0.39 is 5.97 Å². The number of esters is 2. The number of ether oxygens (including phenoxy) is 5. The molecule has 0 saturated heterocycles. The molecule has 0 bridgehead atoms. The summed E-state index contributed by atoms with van der Waals surface area (Å²) in [5, 5.41) is 0. The molecule has 0 unspecified atom stereocenters. The average molecular weight is 398 g/mol. The summed E-state index contributed by atoms with van der Waals surface area (Å²) >= 11 is 0. The number of hydrogen-bond acceptors (Lipinski definition) is 7. The minimum atomic E-state index is -0.418. The molecule has 4 rings (SSSR count). The third-order valence-electron chi connectivity index (χ3n) is 5.18. The fourth-order valence-electron chi connectivity index (χ4n) is 3.41. The number of benzene rings is 2. The lowest BCUT2D eigenvalue weighted by Gasteiger charge is -2.25. The van der Waals surface area contributed by atoms with Gasteiger partial charge < -0.3 is 23.7 Å². The standard InChI is InChI=1S/C22H22O7/c1-25-18-9-8-16(13-6-7-17-14(10-13)11-28-22(17)24)20(21(18)26-2)27-12-19(23)29-15-4-3-5-15/h6-10,15H,3-5,11-12H2,1-2H3. The number of cyclic esters (lactones) is 1. The van der Waals surface area contributed by atoms with Gasteiger partial charge in [0.2, 0.25) is 5.75 Å². The van der Waals surface area contributed by atoms with Crippen LogP contribution < -0.4 is 14.2 Å². The number of fused-ring (bicyclic) bond motifs is 1. The van der Waals surface area contributed by atoms with Crippen LogP contribution in [0.5, 0.6) is 17.2 Å². The van der Waals surface area contributed by atoms with Crippen LogP contribution in [0.15, 0.2) is 30.3 Å². The van der Waals surface area contributed by atoms with Crippen molar-refractivity contribution in [2.24, 2.45) is 0 Å². The molecule has 152 valence electrons. The first kappa shape index (κ1) is 19.1. The third kappa shape index (κ3) is 3.72. The lowest BCUT2D eigenvalue weighted by atomic mass is 9.96. The Morgan fingerprint density at radius 3 is 2.55 bits per heavy atom. The second-order valence-corrected chi connectivity index (χ2v) is 6.96. The third-order valence-corrected chi connectivity index (χ3v) is 5.18. The van der Waals surface area contributed by atoms with E-state index in [-0.39, 0.29) is 25.3 Å². The highest BCUT2D eigenvalue weighted by molar-refractivity contribution is 5.94. The summed E-state index contributed by atoms with van der Waals surface area (Å²) in [6, 6.07) is 9.01. The minimum Gasteiger partial charge on any atom is -0.493 e. The maximum absolute atomic E-state index is 12.1. The Morgan fingerprint density at radius 1 is 1.07 bits per heavy atom. The Bertz CT molecular complexity index is 946. The molecule has 0 spiro atoms. The topological polar surface area (TPSA) is 80.3 Å². The van der Waals surface area contributed by atoms with E-state index in [1.165, 1.54) is 14.2 Å². The molecule has 0 atom stereocenters. The maximum Gasteiger partial charge on any atom is 0.344 e. The van der Waals surface area contributed by atoms with Crippen LogP contribution in [0.2, 0.25) is 0 Å². The van der Waals surface area contributed by atoms with E-state index in [4.69, 9.17) is 23.7 Å². The molecular formula is C22H22O7. The molecule has 1 fully saturated rings. The van der Waals surface area contributed by atoms with Crippen LogP contribution in [0.25, 0.3) is 11.1 Å². The van der Waals surface area contributed by atoms with Crippen LogP contribution in [-0.2, 0) is 20.9 Å². The van der Waals surface area contributed by atoms with Crippen molar-refractivity contribution < 1.29 is 33.3 Å². The second kappa shape index (κ2) is 8.03. The SMILES string of the molecule is COc1ccc(-c2ccc3c(c2)COC3=O)c(OCC(=O)OC2CCC2)c1OC. The van der Waals surface area contributed by atoms with Crippen molar-refractivity contribution in [1.82, 2.24) is 0 Å². The van der Waals surface area contributed by atoms with Gasteiger partial charge in [-0.05, 0) is 49.1 Å². The summed E-state index contributed by atoms with van der Waals surface area (Å²) in [6.07, 6.45) is 2.87. The number of methoxy groups -OCH3 is 2. The van der Waals surface area contributed by atoms with Gasteiger partial charge in [-0.15, -0.1) is 0 Å². The fourth-order valence-corrected chi connectivity index (χ4v) is 3.41. The van der Waals surface area contributed by atoms with Crippen molar-refractivity contribution in [2.75, 3.05) is 20.8 Å². The van der Waals surface area contributed by atoms with Crippen LogP contribution in [-0.4, -0.2) is 38.9 Å². The van der Waals surface area contributed by atoms with Crippen molar-refractivity contribution in [3.8, 4) is 28.4 Å². The van der Waals surface area contributed by atoms with Gasteiger partial charge in [-0.2, -0.15) is 0 Å². The van der Waals surface area contributed by atoms with E-state index in [2.05, 4.69) is 0 Å². The van der Waals surface area contributed by atoms with Gasteiger partial charge in [0.1, 0.15) is 12.7 Å². The van der Waals surface area contributed by atoms with Gasteiger partial charge in [0.15, 0.2) is 18.1 Å². The maximum atomic E-state index is 12.1. The first-order valence-corrected chi connectivity index (χ1v) is 9.48. The quantitative estimate of drug-likeness (QED) is 0.660. The van der Waals surface area contributed by atoms with Gasteiger partial charge in [-0.1, -0.05) is 6.07 Å². The normalized spacial score (nSPS) is 15.2. The van der Waals surface area contributed by atoms with Crippen molar-refractivity contribution in [2.45, 2.75) is 32.0 Å². The Morgan fingerprint density at radius 2 is 1.86 bits per heavy atom. The number of hydrogen-bond donors (Lipinski definition) is 0. The van der Waals surface area contributed by atoms with Gasteiger partial charge in [0.25, 0.3) is 0 Å². The molecule has 2 aromatic rings. The van der Waals surface area contributed by atoms with Gasteiger partial charge in [-0.3, -0.25) is 0 Å². The molecule has 1 heterocycles. The predicted octanol–water partition coefficient (Wildman–Crippen LogP) is 3.52. The van der Waals surface area contributed by atoms with Crippen LogP contribution in [0.1, 0.15) is 35.2 Å². The van der Waals surface area contributed by atoms with Crippen LogP contribution >= 0.6 is 0 Å². The Balaban J connectivity index is 1.66. The van der Waals surface area contributed by atoms with Crippen LogP contribution in [0, 0.1) is 0 Å². The van der Waals surface area contributed by atoms with Gasteiger partial charge in [0, 0.05) is 11.1 Å². The van der Waals surface area contributed by atoms with Crippen molar-refractivity contribution in [3.63, 3.8) is 0 Å². The van der Waals surface area contributed by atoms with Crippen LogP contribution in [0.3, 0.4) is 0 Å². The molecule has 7 nitrogen and oxygen atoms in total. The van der Waals surface area contributed by atoms with Gasteiger partial charge in [0.05, 0.1) is 19.8 Å². The highest BCUT2D eigenvalue weighted by Gasteiger charge is 2.25. The predicted molar refractivity (Wildman–Crippen MR) is 103 cm³/mol. The zero-order chi connectivity index (χ0) is 20.4. The Hall–Kier alpha value is -3.22. The van der Waals surface area contributed by atoms with Crippen LogP contribution in [0.4, 0.5) is 0 Å². The highest BCUT2D eigenvalue weighted by Crippen LogP contribution is 2.45. The summed E-state index contributed by atoms with van der Waals surface area (Å²) in [4.78, 5) is 23.9. The second-order valence-electron chi connectivity index (χ2n) is 6.96. The van der Waals surface area contributed by atoms with E-state index >= 15 is 0 Å². The molecular weight excluding hydrogens is 376 g/mol. The Labute approximate surface area is 168 Å². The zero-order valence-electron chi connectivity index (χ0n) is 16.4. The Kier molecular flexibility index (Phi) is 5.29. The molecule has 0 aromatic heterocycles. The fraction of sp³-hybridized carbons (Fsp3) is 0.364. The molecule has 0 N–H and O–H groups in total. The molecule has 2 aromatic carbocycles. The van der Waals surface area contributed by atoms with E-state index in [1.807, 2.05) is 18.2 Å². The number of carbonyl (C=O) groups is 2. The summed E-state index contributed by atoms with van der Waals surface area (Å²) in [6.45, 7) is -0.00122. The summed E-state index contributed by atoms with van der Waals surface area (Å²) in [5.74, 6) is 0.502. The number of carbonyl (C=O) groups excluding carboxylic acids is 2. The molecule has 0 radical (unpaired) electrons. The lowest BCUT2D eigenvalue weighted by Crippen LogP contribution is -2.28. The minimum absolute atomic E-state index is 0.00739. The first-order valence-electron chi connectivity index (χ1n) is 9.48. The van der Waals surface area contributed by atoms with Gasteiger partial charge >= 0.3 is 11.9 Å². The molecule has 1 aliphatic carbocycles. The van der Waals surface area contributed by atoms with Crippen molar-refractivity contribution in [3.05, 3.63) is 41.5 Å². The average Bonchev–Trinajstić information content (AvgIpc) is 3.08. The van der Waals surface area contributed by atoms with Gasteiger partial charge in [-0.25, -0.2) is 9.59 Å². The monoisotopic (exact) mass is 398 g/mol. The molecule has 1 saturated carbocycles. The molecule has 1 aliphatic heterocycles. The molecule has 2 aliphatic rings. The summed E-state index contributed by atoms with van der Waals surface area (Å²) in [7, 11) is 3.04. The first-order chi connectivity index (χ1) is 14.1. The van der Waals surface area contributed by atoms with Crippen molar-refractivity contribution >= 4 is 11.9 Å². The summed E-state index contributed by atoms with van der Waals surface area (Å²) in [5.41, 5.74) is 2.88. The summed E-state index contributed by atoms with van der Waals surface area (Å²) < 4.78 is 27.2. The molecule has 29 heavy (non-hydrogen) atoms. The zero-order valence-corrected chi connectivity index (χ0v) is 16.4. The lowest BCUT2D eigenvalue weighted by molar-refractivity contribution is -0.155. The smallest absolute Gasteiger partial charge is 0.344 e. The molecule has 7 heteroatoms. The van der Waals surface area contributed by atoms with Crippen molar-refractivity contribution in [1.29, 1.82) is 0 Å². The van der Waals surface area contributed by atoms with E-state index in [9.17, 15) is 9.59 Å². The van der Waals surface area contributed by atoms with E-state index in [0.717, 1.165) is 30.4 Å². The number of rotatable bonds is 7.